The Morgan fingerprint density at radius 1 is 0.617 bits per heavy atom. The van der Waals surface area contributed by atoms with Crippen LogP contribution in [0.5, 0.6) is 0 Å². The monoisotopic (exact) mass is 630 g/mol. The van der Waals surface area contributed by atoms with Crippen molar-refractivity contribution in [1.29, 1.82) is 0 Å². The Bertz CT molecular complexity index is 1940. The summed E-state index contributed by atoms with van der Waals surface area (Å²) in [7, 11) is -2.77. The van der Waals surface area contributed by atoms with Crippen LogP contribution in [0.3, 0.4) is 0 Å². The Kier molecular flexibility index (Phi) is 7.76. The number of hydrogen-bond acceptors (Lipinski definition) is 1. The van der Waals surface area contributed by atoms with Gasteiger partial charge in [0.15, 0.2) is 0 Å². The number of rotatable bonds is 6. The van der Waals surface area contributed by atoms with Crippen LogP contribution < -0.4 is 10.4 Å². The largest absolute Gasteiger partial charge is 0.465 e. The van der Waals surface area contributed by atoms with Gasteiger partial charge in [0.2, 0.25) is 0 Å². The van der Waals surface area contributed by atoms with Gasteiger partial charge in [-0.25, -0.2) is 0 Å². The fourth-order valence-corrected chi connectivity index (χ4v) is 14.3. The molecule has 7 rings (SSSR count). The van der Waals surface area contributed by atoms with E-state index in [9.17, 15) is 0 Å². The summed E-state index contributed by atoms with van der Waals surface area (Å²) < 4.78 is 6.33. The van der Waals surface area contributed by atoms with E-state index in [0.717, 1.165) is 5.76 Å². The predicted octanol–water partition coefficient (Wildman–Crippen LogP) is 11.0. The summed E-state index contributed by atoms with van der Waals surface area (Å²) in [4.78, 5) is 0. The second-order valence-electron chi connectivity index (χ2n) is 15.5. The van der Waals surface area contributed by atoms with E-state index in [-0.39, 0.29) is 21.9 Å². The zero-order valence-electron chi connectivity index (χ0n) is 28.8. The maximum atomic E-state index is 6.33. The van der Waals surface area contributed by atoms with Gasteiger partial charge in [-0.3, -0.25) is 0 Å². The van der Waals surface area contributed by atoms with E-state index in [1.54, 1.807) is 0 Å². The lowest BCUT2D eigenvalue weighted by Crippen LogP contribution is -2.65. The highest BCUT2D eigenvalue weighted by Crippen LogP contribution is 2.55. The second kappa shape index (κ2) is 11.7. The number of hydrogen-bond donors (Lipinski definition) is 0. The van der Waals surface area contributed by atoms with Crippen LogP contribution in [0.1, 0.15) is 76.5 Å². The molecule has 0 aliphatic heterocycles. The molecular weight excluding hydrogens is 585 g/mol. The van der Waals surface area contributed by atoms with Gasteiger partial charge >= 0.3 is 0 Å². The summed E-state index contributed by atoms with van der Waals surface area (Å²) in [6, 6.07) is 43.3. The highest BCUT2D eigenvalue weighted by Gasteiger charge is 2.55. The molecular formula is C45H46OSi. The lowest BCUT2D eigenvalue weighted by molar-refractivity contribution is 0.517. The number of allylic oxidation sites excluding steroid dienone is 5. The SMILES string of the molecule is CC1=CC(C(C)(C)C)=CC1[Si](c1ccccc1)(c1ccccc1)C1C(c2ccco2)=Cc2c(-c3ccc(C(C)(C)C)cc3)cccc21. The standard InChI is InChI=1S/C45H46OSi/c1-31-28-34(45(5,6)7)29-42(31)47(35-16-10-8-11-17-35,36-18-12-9-13-19-36)43-38-21-14-20-37(32-23-25-33(26-24-32)44(2,3)4)39(38)30-40(43)41-22-15-27-46-41/h8-30,42-43H,1-7H3. The first-order valence-electron chi connectivity index (χ1n) is 17.0. The van der Waals surface area contributed by atoms with Crippen LogP contribution in [-0.2, 0) is 5.41 Å². The topological polar surface area (TPSA) is 13.1 Å². The number of furan rings is 1. The van der Waals surface area contributed by atoms with Crippen molar-refractivity contribution in [3.05, 3.63) is 167 Å². The van der Waals surface area contributed by atoms with Crippen LogP contribution in [0, 0.1) is 5.41 Å². The van der Waals surface area contributed by atoms with Gasteiger partial charge in [0.25, 0.3) is 0 Å². The van der Waals surface area contributed by atoms with Crippen molar-refractivity contribution >= 4 is 30.1 Å². The molecule has 0 radical (unpaired) electrons. The van der Waals surface area contributed by atoms with Crippen molar-refractivity contribution in [1.82, 2.24) is 0 Å². The van der Waals surface area contributed by atoms with E-state index >= 15 is 0 Å². The van der Waals surface area contributed by atoms with Crippen molar-refractivity contribution in [2.75, 3.05) is 0 Å². The normalized spacial score (nSPS) is 18.1. The van der Waals surface area contributed by atoms with Gasteiger partial charge in [-0.15, -0.1) is 0 Å². The van der Waals surface area contributed by atoms with Gasteiger partial charge < -0.3 is 4.42 Å². The summed E-state index contributed by atoms with van der Waals surface area (Å²) in [5.41, 5.74) is 11.3. The summed E-state index contributed by atoms with van der Waals surface area (Å²) in [5, 5.41) is 2.90. The molecule has 5 aromatic rings. The molecule has 2 aliphatic rings. The molecule has 0 bridgehead atoms. The van der Waals surface area contributed by atoms with Crippen molar-refractivity contribution in [3.63, 3.8) is 0 Å². The molecule has 1 heterocycles. The minimum Gasteiger partial charge on any atom is -0.465 e. The molecule has 1 nitrogen and oxygen atoms in total. The van der Waals surface area contributed by atoms with E-state index in [0.29, 0.717) is 0 Å². The van der Waals surface area contributed by atoms with Crippen molar-refractivity contribution in [3.8, 4) is 11.1 Å². The van der Waals surface area contributed by atoms with Gasteiger partial charge in [0, 0.05) is 16.7 Å². The highest BCUT2D eigenvalue weighted by molar-refractivity contribution is 7.06. The van der Waals surface area contributed by atoms with E-state index in [2.05, 4.69) is 176 Å². The summed E-state index contributed by atoms with van der Waals surface area (Å²) in [6.45, 7) is 16.2. The third-order valence-electron chi connectivity index (χ3n) is 10.5. The van der Waals surface area contributed by atoms with Crippen molar-refractivity contribution in [2.24, 2.45) is 5.41 Å². The average Bonchev–Trinajstić information content (AvgIpc) is 3.82. The highest BCUT2D eigenvalue weighted by atomic mass is 28.3. The Morgan fingerprint density at radius 3 is 1.79 bits per heavy atom. The van der Waals surface area contributed by atoms with Crippen LogP contribution in [0.2, 0.25) is 5.54 Å². The van der Waals surface area contributed by atoms with Crippen molar-refractivity contribution in [2.45, 2.75) is 65.0 Å². The zero-order valence-corrected chi connectivity index (χ0v) is 29.8. The van der Waals surface area contributed by atoms with Crippen LogP contribution in [0.25, 0.3) is 22.8 Å². The first kappa shape index (κ1) is 31.2. The molecule has 236 valence electrons. The van der Waals surface area contributed by atoms with E-state index in [4.69, 9.17) is 4.42 Å². The average molecular weight is 631 g/mol. The van der Waals surface area contributed by atoms with Gasteiger partial charge in [0.1, 0.15) is 13.8 Å². The predicted molar refractivity (Wildman–Crippen MR) is 203 cm³/mol. The Morgan fingerprint density at radius 2 is 1.26 bits per heavy atom. The second-order valence-corrected chi connectivity index (χ2v) is 19.6. The quantitative estimate of drug-likeness (QED) is 0.170. The third kappa shape index (κ3) is 5.33. The Labute approximate surface area is 282 Å². The smallest absolute Gasteiger partial charge is 0.140 e. The lowest BCUT2D eigenvalue weighted by Gasteiger charge is -2.44. The molecule has 0 amide bonds. The summed E-state index contributed by atoms with van der Waals surface area (Å²) in [6.07, 6.45) is 9.41. The molecule has 0 spiro atoms. The molecule has 1 aromatic heterocycles. The number of fused-ring (bicyclic) bond motifs is 1. The van der Waals surface area contributed by atoms with Gasteiger partial charge in [-0.05, 0) is 69.4 Å². The lowest BCUT2D eigenvalue weighted by atomic mass is 9.86. The first-order valence-corrected chi connectivity index (χ1v) is 19.2. The molecule has 0 fully saturated rings. The summed E-state index contributed by atoms with van der Waals surface area (Å²) in [5.74, 6) is 0.962. The maximum absolute atomic E-state index is 6.33. The van der Waals surface area contributed by atoms with Gasteiger partial charge in [-0.2, -0.15) is 0 Å². The van der Waals surface area contributed by atoms with Crippen LogP contribution in [0.4, 0.5) is 0 Å². The molecule has 2 atom stereocenters. The summed E-state index contributed by atoms with van der Waals surface area (Å²) >= 11 is 0. The maximum Gasteiger partial charge on any atom is 0.140 e. The van der Waals surface area contributed by atoms with Crippen LogP contribution >= 0.6 is 0 Å². The number of benzene rings is 4. The van der Waals surface area contributed by atoms with E-state index < -0.39 is 8.07 Å². The molecule has 4 aromatic carbocycles. The minimum absolute atomic E-state index is 0.0587. The Balaban J connectivity index is 1.55. The minimum atomic E-state index is -2.77. The molecule has 2 aliphatic carbocycles. The Hall–Kier alpha value is -4.40. The van der Waals surface area contributed by atoms with Crippen LogP contribution in [-0.4, -0.2) is 8.07 Å². The first-order chi connectivity index (χ1) is 22.5. The molecule has 0 saturated carbocycles. The molecule has 2 unspecified atom stereocenters. The van der Waals surface area contributed by atoms with Gasteiger partial charge in [0.05, 0.1) is 6.26 Å². The third-order valence-corrected chi connectivity index (χ3v) is 16.2. The zero-order chi connectivity index (χ0) is 33.0. The fourth-order valence-electron chi connectivity index (χ4n) is 8.07. The van der Waals surface area contributed by atoms with Gasteiger partial charge in [-0.1, -0.05) is 173 Å². The fraction of sp³-hybridized carbons (Fsp3) is 0.244. The van der Waals surface area contributed by atoms with E-state index in [1.807, 2.05) is 12.3 Å². The van der Waals surface area contributed by atoms with Crippen molar-refractivity contribution < 1.29 is 4.42 Å². The molecule has 0 saturated heterocycles. The molecule has 0 N–H and O–H groups in total. The molecule has 2 heteroatoms. The van der Waals surface area contributed by atoms with E-state index in [1.165, 1.54) is 54.9 Å². The van der Waals surface area contributed by atoms with Crippen LogP contribution in [0.15, 0.2) is 149 Å². The molecule has 47 heavy (non-hydrogen) atoms.